The standard InChI is InChI=1S/C24H24FN5O3S/c1-15-10-13-34-21(15)27-24(33)28-23-26-19-14-18(8-9-20(19)30(23)11-3-12-31)29(2)22(32)16-4-6-17(25)7-5-16/h4-10,13-14,31H,3,11-12H2,1-2H3,(H2,26,27,28,33). The lowest BCUT2D eigenvalue weighted by atomic mass is 10.2. The number of aliphatic hydroxyl groups excluding tert-OH is 1. The van der Waals surface area contributed by atoms with Gasteiger partial charge in [-0.25, -0.2) is 14.2 Å². The van der Waals surface area contributed by atoms with Gasteiger partial charge in [0.1, 0.15) is 5.82 Å². The molecule has 3 N–H and O–H groups in total. The van der Waals surface area contributed by atoms with Gasteiger partial charge < -0.3 is 14.6 Å². The van der Waals surface area contributed by atoms with Gasteiger partial charge in [0, 0.05) is 31.5 Å². The number of benzene rings is 2. The number of carbonyl (C=O) groups excluding carboxylic acids is 2. The quantitative estimate of drug-likeness (QED) is 0.351. The molecule has 4 rings (SSSR count). The van der Waals surface area contributed by atoms with Crippen LogP contribution in [-0.4, -0.2) is 40.3 Å². The van der Waals surface area contributed by atoms with Crippen LogP contribution in [0.25, 0.3) is 11.0 Å². The van der Waals surface area contributed by atoms with Crippen molar-refractivity contribution < 1.29 is 19.1 Å². The van der Waals surface area contributed by atoms with E-state index in [0.29, 0.717) is 35.7 Å². The zero-order valence-electron chi connectivity index (χ0n) is 18.7. The van der Waals surface area contributed by atoms with Crippen LogP contribution in [0.2, 0.25) is 0 Å². The highest BCUT2D eigenvalue weighted by Crippen LogP contribution is 2.27. The molecule has 8 nitrogen and oxygen atoms in total. The summed E-state index contributed by atoms with van der Waals surface area (Å²) in [5.41, 5.74) is 3.26. The van der Waals surface area contributed by atoms with Crippen LogP contribution in [0.15, 0.2) is 53.9 Å². The van der Waals surface area contributed by atoms with Gasteiger partial charge in [0.15, 0.2) is 0 Å². The molecule has 2 aromatic carbocycles. The number of halogens is 1. The molecule has 176 valence electrons. The number of imidazole rings is 1. The summed E-state index contributed by atoms with van der Waals surface area (Å²) >= 11 is 1.43. The normalized spacial score (nSPS) is 10.9. The lowest BCUT2D eigenvalue weighted by Crippen LogP contribution is -2.26. The topological polar surface area (TPSA) is 99.5 Å². The highest BCUT2D eigenvalue weighted by molar-refractivity contribution is 7.14. The van der Waals surface area contributed by atoms with Crippen LogP contribution in [0, 0.1) is 12.7 Å². The van der Waals surface area contributed by atoms with E-state index in [4.69, 9.17) is 0 Å². The van der Waals surface area contributed by atoms with Gasteiger partial charge in [-0.3, -0.25) is 15.4 Å². The molecule has 0 spiro atoms. The Balaban J connectivity index is 1.61. The maximum Gasteiger partial charge on any atom is 0.326 e. The third-order valence-electron chi connectivity index (χ3n) is 5.37. The molecular formula is C24H24FN5O3S. The molecule has 4 aromatic rings. The van der Waals surface area contributed by atoms with Gasteiger partial charge in [-0.1, -0.05) is 0 Å². The summed E-state index contributed by atoms with van der Waals surface area (Å²) in [5, 5.41) is 17.6. The Morgan fingerprint density at radius 2 is 1.91 bits per heavy atom. The van der Waals surface area contributed by atoms with Crippen molar-refractivity contribution in [1.82, 2.24) is 9.55 Å². The van der Waals surface area contributed by atoms with Gasteiger partial charge in [-0.05, 0) is 72.8 Å². The molecule has 0 aliphatic carbocycles. The minimum Gasteiger partial charge on any atom is -0.396 e. The molecule has 0 fully saturated rings. The van der Waals surface area contributed by atoms with E-state index < -0.39 is 11.8 Å². The third kappa shape index (κ3) is 4.92. The molecule has 10 heteroatoms. The van der Waals surface area contributed by atoms with Crippen molar-refractivity contribution >= 4 is 50.9 Å². The molecule has 0 aliphatic rings. The summed E-state index contributed by atoms with van der Waals surface area (Å²) in [6.07, 6.45) is 0.483. The third-order valence-corrected chi connectivity index (χ3v) is 6.30. The highest BCUT2D eigenvalue weighted by atomic mass is 32.1. The molecule has 0 aliphatic heterocycles. The molecule has 2 heterocycles. The Kier molecular flexibility index (Phi) is 6.90. The Bertz CT molecular complexity index is 1330. The second-order valence-electron chi connectivity index (χ2n) is 7.72. The summed E-state index contributed by atoms with van der Waals surface area (Å²) in [4.78, 5) is 31.4. The molecule has 34 heavy (non-hydrogen) atoms. The van der Waals surface area contributed by atoms with E-state index in [9.17, 15) is 19.1 Å². The molecule has 3 amide bonds. The first-order chi connectivity index (χ1) is 16.4. The van der Waals surface area contributed by atoms with E-state index >= 15 is 0 Å². The highest BCUT2D eigenvalue weighted by Gasteiger charge is 2.18. The van der Waals surface area contributed by atoms with Crippen LogP contribution >= 0.6 is 11.3 Å². The zero-order chi connectivity index (χ0) is 24.2. The number of thiophene rings is 1. The number of aromatic nitrogens is 2. The number of fused-ring (bicyclic) bond motifs is 1. The lowest BCUT2D eigenvalue weighted by molar-refractivity contribution is 0.0993. The van der Waals surface area contributed by atoms with Crippen LogP contribution in [0.4, 0.5) is 25.8 Å². The van der Waals surface area contributed by atoms with E-state index in [2.05, 4.69) is 15.6 Å². The number of nitrogens with one attached hydrogen (secondary N) is 2. The number of nitrogens with zero attached hydrogens (tertiary/aromatic N) is 3. The van der Waals surface area contributed by atoms with E-state index in [-0.39, 0.29) is 12.5 Å². The van der Waals surface area contributed by atoms with E-state index in [0.717, 1.165) is 16.1 Å². The van der Waals surface area contributed by atoms with Gasteiger partial charge in [-0.15, -0.1) is 11.3 Å². The van der Waals surface area contributed by atoms with Gasteiger partial charge in [0.2, 0.25) is 5.95 Å². The second kappa shape index (κ2) is 10.0. The number of anilines is 3. The fraction of sp³-hybridized carbons (Fsp3) is 0.208. The largest absolute Gasteiger partial charge is 0.396 e. The summed E-state index contributed by atoms with van der Waals surface area (Å²) < 4.78 is 15.0. The number of aliphatic hydroxyl groups is 1. The average molecular weight is 482 g/mol. The van der Waals surface area contributed by atoms with Crippen molar-refractivity contribution in [2.45, 2.75) is 19.9 Å². The zero-order valence-corrected chi connectivity index (χ0v) is 19.5. The predicted molar refractivity (Wildman–Crippen MR) is 132 cm³/mol. The summed E-state index contributed by atoms with van der Waals surface area (Å²) in [5.74, 6) is -0.365. The van der Waals surface area contributed by atoms with Crippen LogP contribution < -0.4 is 15.5 Å². The molecule has 0 bridgehead atoms. The first-order valence-corrected chi connectivity index (χ1v) is 11.5. The molecule has 2 aromatic heterocycles. The van der Waals surface area contributed by atoms with Gasteiger partial charge in [0.05, 0.1) is 16.0 Å². The summed E-state index contributed by atoms with van der Waals surface area (Å²) in [6, 6.07) is 12.2. The van der Waals surface area contributed by atoms with Crippen LogP contribution in [0.1, 0.15) is 22.3 Å². The first kappa shape index (κ1) is 23.4. The second-order valence-corrected chi connectivity index (χ2v) is 8.64. The number of aryl methyl sites for hydroxylation is 2. The number of urea groups is 1. The SMILES string of the molecule is Cc1ccsc1NC(=O)Nc1nc2cc(N(C)C(=O)c3ccc(F)cc3)ccc2n1CCCO. The van der Waals surface area contributed by atoms with E-state index in [1.165, 1.54) is 40.5 Å². The summed E-state index contributed by atoms with van der Waals surface area (Å²) in [7, 11) is 1.63. The summed E-state index contributed by atoms with van der Waals surface area (Å²) in [6.45, 7) is 2.35. The Morgan fingerprint density at radius 3 is 2.59 bits per heavy atom. The maximum atomic E-state index is 13.2. The maximum absolute atomic E-state index is 13.2. The van der Waals surface area contributed by atoms with E-state index in [1.54, 1.807) is 19.2 Å². The van der Waals surface area contributed by atoms with E-state index in [1.807, 2.05) is 29.0 Å². The molecule has 0 saturated carbocycles. The number of carbonyl (C=O) groups is 2. The van der Waals surface area contributed by atoms with Crippen molar-refractivity contribution in [2.24, 2.45) is 0 Å². The smallest absolute Gasteiger partial charge is 0.326 e. The van der Waals surface area contributed by atoms with Crippen molar-refractivity contribution in [3.63, 3.8) is 0 Å². The van der Waals surface area contributed by atoms with Gasteiger partial charge in [0.25, 0.3) is 5.91 Å². The Labute approximate surface area is 199 Å². The predicted octanol–water partition coefficient (Wildman–Crippen LogP) is 4.85. The van der Waals surface area contributed by atoms with Crippen molar-refractivity contribution in [2.75, 3.05) is 29.2 Å². The van der Waals surface area contributed by atoms with Gasteiger partial charge in [-0.2, -0.15) is 0 Å². The monoisotopic (exact) mass is 481 g/mol. The Morgan fingerprint density at radius 1 is 1.15 bits per heavy atom. The number of hydrogen-bond acceptors (Lipinski definition) is 5. The fourth-order valence-electron chi connectivity index (χ4n) is 3.52. The minimum absolute atomic E-state index is 0.00725. The fourth-order valence-corrected chi connectivity index (χ4v) is 4.33. The molecule has 0 saturated heterocycles. The molecular weight excluding hydrogens is 457 g/mol. The van der Waals surface area contributed by atoms with Gasteiger partial charge >= 0.3 is 6.03 Å². The Hall–Kier alpha value is -3.76. The number of hydrogen-bond donors (Lipinski definition) is 3. The first-order valence-electron chi connectivity index (χ1n) is 10.6. The molecule has 0 unspecified atom stereocenters. The number of amides is 3. The molecule has 0 radical (unpaired) electrons. The minimum atomic E-state index is -0.421. The van der Waals surface area contributed by atoms with Crippen molar-refractivity contribution in [3.8, 4) is 0 Å². The van der Waals surface area contributed by atoms with Crippen molar-refractivity contribution in [1.29, 1.82) is 0 Å². The van der Waals surface area contributed by atoms with Crippen LogP contribution in [-0.2, 0) is 6.54 Å². The van der Waals surface area contributed by atoms with Crippen LogP contribution in [0.5, 0.6) is 0 Å². The lowest BCUT2D eigenvalue weighted by Gasteiger charge is -2.17. The van der Waals surface area contributed by atoms with Crippen molar-refractivity contribution in [3.05, 3.63) is 70.9 Å². The average Bonchev–Trinajstić information content (AvgIpc) is 3.38. The van der Waals surface area contributed by atoms with Crippen LogP contribution in [0.3, 0.4) is 0 Å². The number of rotatable bonds is 7. The molecule has 0 atom stereocenters.